The smallest absolute Gasteiger partial charge is 0.331 e. The van der Waals surface area contributed by atoms with E-state index in [-0.39, 0.29) is 5.97 Å². The Labute approximate surface area is 157 Å². The summed E-state index contributed by atoms with van der Waals surface area (Å²) in [6.45, 7) is 10.7. The minimum Gasteiger partial charge on any atom is -0.456 e. The second kappa shape index (κ2) is 7.65. The zero-order chi connectivity index (χ0) is 18.7. The molecule has 0 bridgehead atoms. The summed E-state index contributed by atoms with van der Waals surface area (Å²) in [5.41, 5.74) is 3.30. The topological polar surface area (TPSA) is 26.3 Å². The molecule has 1 aromatic carbocycles. The largest absolute Gasteiger partial charge is 0.456 e. The van der Waals surface area contributed by atoms with Gasteiger partial charge in [-0.3, -0.25) is 0 Å². The lowest BCUT2D eigenvalue weighted by molar-refractivity contribution is -0.159. The van der Waals surface area contributed by atoms with Crippen LogP contribution in [0.4, 0.5) is 0 Å². The summed E-state index contributed by atoms with van der Waals surface area (Å²) in [6.07, 6.45) is 9.81. The van der Waals surface area contributed by atoms with Gasteiger partial charge in [-0.1, -0.05) is 54.1 Å². The van der Waals surface area contributed by atoms with E-state index in [4.69, 9.17) is 4.74 Å². The van der Waals surface area contributed by atoms with E-state index in [2.05, 4.69) is 33.4 Å². The van der Waals surface area contributed by atoms with Crippen LogP contribution in [0.15, 0.2) is 60.2 Å². The first-order valence-corrected chi connectivity index (χ1v) is 9.67. The summed E-state index contributed by atoms with van der Waals surface area (Å²) < 4.78 is 6.08. The van der Waals surface area contributed by atoms with Crippen molar-refractivity contribution in [1.29, 1.82) is 0 Å². The van der Waals surface area contributed by atoms with Crippen molar-refractivity contribution in [1.82, 2.24) is 0 Å². The molecule has 26 heavy (non-hydrogen) atoms. The summed E-state index contributed by atoms with van der Waals surface area (Å²) >= 11 is 0. The summed E-state index contributed by atoms with van der Waals surface area (Å²) in [7, 11) is 0. The van der Waals surface area contributed by atoms with Crippen LogP contribution >= 0.6 is 0 Å². The number of hydrogen-bond donors (Lipinski definition) is 0. The maximum atomic E-state index is 12.5. The molecule has 3 rings (SSSR count). The highest BCUT2D eigenvalue weighted by Gasteiger charge is 2.47. The molecule has 2 heteroatoms. The molecule has 0 heterocycles. The highest BCUT2D eigenvalue weighted by molar-refractivity contribution is 5.87. The molecule has 1 fully saturated rings. The quantitative estimate of drug-likeness (QED) is 0.380. The third-order valence-corrected chi connectivity index (χ3v) is 6.32. The molecule has 1 aromatic rings. The van der Waals surface area contributed by atoms with Gasteiger partial charge in [0.2, 0.25) is 0 Å². The number of carbonyl (C=O) groups is 1. The van der Waals surface area contributed by atoms with E-state index in [0.717, 1.165) is 31.2 Å². The van der Waals surface area contributed by atoms with Gasteiger partial charge in [0.1, 0.15) is 5.60 Å². The van der Waals surface area contributed by atoms with Gasteiger partial charge in [0.15, 0.2) is 0 Å². The van der Waals surface area contributed by atoms with Gasteiger partial charge in [-0.05, 0) is 69.9 Å². The molecule has 1 saturated carbocycles. The number of benzene rings is 1. The number of rotatable bonds is 4. The van der Waals surface area contributed by atoms with Gasteiger partial charge in [0, 0.05) is 12.0 Å². The molecular formula is C24H30O2. The summed E-state index contributed by atoms with van der Waals surface area (Å²) in [4.78, 5) is 12.5. The lowest BCUT2D eigenvalue weighted by atomic mass is 9.77. The van der Waals surface area contributed by atoms with Gasteiger partial charge in [0.25, 0.3) is 0 Å². The summed E-state index contributed by atoms with van der Waals surface area (Å²) in [5, 5.41) is 0. The van der Waals surface area contributed by atoms with Crippen molar-refractivity contribution in [2.24, 2.45) is 17.8 Å². The maximum Gasteiger partial charge on any atom is 0.331 e. The standard InChI is InChI=1S/C24H30O2/c1-17(2)20-14-15-24(4,22-12-10-18(3)21(22)16-20)26-23(25)13-11-19-8-6-5-7-9-19/h5-11,13,20-22H,1,12,14-16H2,2-4H3/t20-,21-,22-,24-/m0/s1. The van der Waals surface area contributed by atoms with E-state index < -0.39 is 5.60 Å². The van der Waals surface area contributed by atoms with Crippen molar-refractivity contribution in [2.75, 3.05) is 0 Å². The second-order valence-electron chi connectivity index (χ2n) is 8.19. The van der Waals surface area contributed by atoms with Gasteiger partial charge in [-0.25, -0.2) is 4.79 Å². The lowest BCUT2D eigenvalue weighted by Gasteiger charge is -2.37. The van der Waals surface area contributed by atoms with E-state index in [1.54, 1.807) is 6.08 Å². The van der Waals surface area contributed by atoms with E-state index in [1.165, 1.54) is 11.1 Å². The first kappa shape index (κ1) is 18.7. The van der Waals surface area contributed by atoms with E-state index in [1.807, 2.05) is 36.4 Å². The fourth-order valence-electron chi connectivity index (χ4n) is 4.61. The minimum absolute atomic E-state index is 0.242. The molecule has 0 spiro atoms. The number of esters is 1. The van der Waals surface area contributed by atoms with Crippen LogP contribution in [0, 0.1) is 17.8 Å². The van der Waals surface area contributed by atoms with Crippen molar-refractivity contribution in [3.8, 4) is 0 Å². The zero-order valence-electron chi connectivity index (χ0n) is 16.2. The Morgan fingerprint density at radius 3 is 2.73 bits per heavy atom. The summed E-state index contributed by atoms with van der Waals surface area (Å²) in [5.74, 6) is 1.15. The van der Waals surface area contributed by atoms with Crippen LogP contribution in [-0.4, -0.2) is 11.6 Å². The van der Waals surface area contributed by atoms with Crippen LogP contribution < -0.4 is 0 Å². The molecule has 0 unspecified atom stereocenters. The molecule has 2 nitrogen and oxygen atoms in total. The monoisotopic (exact) mass is 350 g/mol. The predicted octanol–water partition coefficient (Wildman–Crippen LogP) is 5.96. The molecule has 138 valence electrons. The Morgan fingerprint density at radius 2 is 2.04 bits per heavy atom. The van der Waals surface area contributed by atoms with Gasteiger partial charge < -0.3 is 4.74 Å². The van der Waals surface area contributed by atoms with Gasteiger partial charge >= 0.3 is 5.97 Å². The molecule has 0 saturated heterocycles. The van der Waals surface area contributed by atoms with Crippen LogP contribution in [0.3, 0.4) is 0 Å². The number of ether oxygens (including phenoxy) is 1. The van der Waals surface area contributed by atoms with Crippen molar-refractivity contribution in [3.05, 3.63) is 65.8 Å². The predicted molar refractivity (Wildman–Crippen MR) is 107 cm³/mol. The van der Waals surface area contributed by atoms with Gasteiger partial charge in [-0.15, -0.1) is 0 Å². The normalized spacial score (nSPS) is 31.2. The van der Waals surface area contributed by atoms with Crippen molar-refractivity contribution >= 4 is 12.0 Å². The molecule has 0 N–H and O–H groups in total. The number of carbonyl (C=O) groups excluding carboxylic acids is 1. The second-order valence-corrected chi connectivity index (χ2v) is 8.19. The average Bonchev–Trinajstić information content (AvgIpc) is 2.91. The fourth-order valence-corrected chi connectivity index (χ4v) is 4.61. The summed E-state index contributed by atoms with van der Waals surface area (Å²) in [6, 6.07) is 9.86. The van der Waals surface area contributed by atoms with Gasteiger partial charge in [0.05, 0.1) is 0 Å². The number of fused-ring (bicyclic) bond motifs is 1. The Hall–Kier alpha value is -2.09. The highest BCUT2D eigenvalue weighted by atomic mass is 16.6. The van der Waals surface area contributed by atoms with Crippen LogP contribution in [0.5, 0.6) is 0 Å². The van der Waals surface area contributed by atoms with Crippen LogP contribution in [0.25, 0.3) is 6.08 Å². The number of hydrogen-bond acceptors (Lipinski definition) is 2. The lowest BCUT2D eigenvalue weighted by Crippen LogP contribution is -2.40. The van der Waals surface area contributed by atoms with Crippen LogP contribution in [0.2, 0.25) is 0 Å². The molecule has 2 aliphatic carbocycles. The SMILES string of the molecule is C=C(C)[C@H]1CC[C@](C)(OC(=O)C=Cc2ccccc2)[C@H]2CC=C(C)[C@@H]2C1. The first-order valence-electron chi connectivity index (χ1n) is 9.67. The fraction of sp³-hybridized carbons (Fsp3) is 0.458. The van der Waals surface area contributed by atoms with Crippen LogP contribution in [-0.2, 0) is 9.53 Å². The molecule has 0 aromatic heterocycles. The van der Waals surface area contributed by atoms with Crippen LogP contribution in [0.1, 0.15) is 52.0 Å². The Balaban J connectivity index is 1.75. The first-order chi connectivity index (χ1) is 12.4. The Kier molecular flexibility index (Phi) is 5.50. The molecule has 0 aliphatic heterocycles. The highest BCUT2D eigenvalue weighted by Crippen LogP contribution is 2.50. The minimum atomic E-state index is -0.415. The molecule has 0 amide bonds. The third-order valence-electron chi connectivity index (χ3n) is 6.32. The van der Waals surface area contributed by atoms with Crippen molar-refractivity contribution < 1.29 is 9.53 Å². The Morgan fingerprint density at radius 1 is 1.31 bits per heavy atom. The molecule has 0 radical (unpaired) electrons. The van der Waals surface area contributed by atoms with E-state index in [9.17, 15) is 4.79 Å². The van der Waals surface area contributed by atoms with Crippen molar-refractivity contribution in [3.63, 3.8) is 0 Å². The zero-order valence-corrected chi connectivity index (χ0v) is 16.2. The average molecular weight is 351 g/mol. The molecule has 2 aliphatic rings. The number of allylic oxidation sites excluding steroid dienone is 3. The Bertz CT molecular complexity index is 728. The van der Waals surface area contributed by atoms with Gasteiger partial charge in [-0.2, -0.15) is 0 Å². The maximum absolute atomic E-state index is 12.5. The molecule has 4 atom stereocenters. The third kappa shape index (κ3) is 4.00. The van der Waals surface area contributed by atoms with Crippen molar-refractivity contribution in [2.45, 2.75) is 52.1 Å². The van der Waals surface area contributed by atoms with E-state index >= 15 is 0 Å². The van der Waals surface area contributed by atoms with E-state index in [0.29, 0.717) is 17.8 Å². The molecular weight excluding hydrogens is 320 g/mol.